The van der Waals surface area contributed by atoms with Crippen molar-refractivity contribution < 1.29 is 18.3 Å². The highest BCUT2D eigenvalue weighted by Crippen LogP contribution is 2.20. The number of thiophene rings is 1. The summed E-state index contributed by atoms with van der Waals surface area (Å²) in [4.78, 5) is 13.9. The SMILES string of the molecule is O=C(O)c1cc(S(=O)(=O)NCc2cc3ccccc3[nH]2)cs1. The van der Waals surface area contributed by atoms with Gasteiger partial charge in [-0.3, -0.25) is 0 Å². The van der Waals surface area contributed by atoms with Gasteiger partial charge in [-0.1, -0.05) is 18.2 Å². The molecule has 0 radical (unpaired) electrons. The van der Waals surface area contributed by atoms with Gasteiger partial charge >= 0.3 is 5.97 Å². The van der Waals surface area contributed by atoms with Crippen LogP contribution in [0.5, 0.6) is 0 Å². The minimum Gasteiger partial charge on any atom is -0.477 e. The number of aromatic carboxylic acids is 1. The van der Waals surface area contributed by atoms with Gasteiger partial charge in [0.1, 0.15) is 4.88 Å². The summed E-state index contributed by atoms with van der Waals surface area (Å²) in [6.45, 7) is 0.106. The van der Waals surface area contributed by atoms with Crippen molar-refractivity contribution in [2.45, 2.75) is 11.4 Å². The second-order valence-corrected chi connectivity index (χ2v) is 7.34. The summed E-state index contributed by atoms with van der Waals surface area (Å²) in [5, 5.41) is 11.2. The molecule has 3 N–H and O–H groups in total. The third-order valence-corrected chi connectivity index (χ3v) is 5.58. The Morgan fingerprint density at radius 3 is 2.73 bits per heavy atom. The number of benzene rings is 1. The minimum atomic E-state index is -3.73. The van der Waals surface area contributed by atoms with E-state index in [1.165, 1.54) is 5.38 Å². The predicted octanol–water partition coefficient (Wildman–Crippen LogP) is 2.41. The van der Waals surface area contributed by atoms with Gasteiger partial charge < -0.3 is 10.1 Å². The van der Waals surface area contributed by atoms with Crippen LogP contribution in [0.15, 0.2) is 46.7 Å². The van der Waals surface area contributed by atoms with Crippen molar-refractivity contribution in [1.29, 1.82) is 0 Å². The van der Waals surface area contributed by atoms with Crippen LogP contribution in [0.25, 0.3) is 10.9 Å². The minimum absolute atomic E-state index is 0.00835. The van der Waals surface area contributed by atoms with Crippen LogP contribution in [-0.2, 0) is 16.6 Å². The van der Waals surface area contributed by atoms with Crippen LogP contribution in [0.4, 0.5) is 0 Å². The molecular weight excluding hydrogens is 324 g/mol. The van der Waals surface area contributed by atoms with E-state index in [1.807, 2.05) is 30.3 Å². The van der Waals surface area contributed by atoms with Gasteiger partial charge in [0, 0.05) is 16.6 Å². The molecule has 0 aliphatic heterocycles. The molecule has 1 aromatic carbocycles. The van der Waals surface area contributed by atoms with Gasteiger partial charge in [0.05, 0.1) is 11.4 Å². The first-order chi connectivity index (χ1) is 10.5. The van der Waals surface area contributed by atoms with Crippen molar-refractivity contribution in [3.05, 3.63) is 52.3 Å². The van der Waals surface area contributed by atoms with E-state index in [0.29, 0.717) is 0 Å². The molecule has 2 aromatic heterocycles. The molecule has 22 heavy (non-hydrogen) atoms. The zero-order valence-corrected chi connectivity index (χ0v) is 12.9. The van der Waals surface area contributed by atoms with E-state index in [2.05, 4.69) is 9.71 Å². The summed E-state index contributed by atoms with van der Waals surface area (Å²) in [5.41, 5.74) is 1.67. The van der Waals surface area contributed by atoms with E-state index in [4.69, 9.17) is 5.11 Å². The summed E-state index contributed by atoms with van der Waals surface area (Å²) in [7, 11) is -3.73. The van der Waals surface area contributed by atoms with Crippen molar-refractivity contribution in [1.82, 2.24) is 9.71 Å². The Balaban J connectivity index is 1.77. The maximum atomic E-state index is 12.1. The zero-order chi connectivity index (χ0) is 15.7. The molecule has 0 spiro atoms. The number of aromatic nitrogens is 1. The molecule has 0 aliphatic rings. The number of carboxylic acid groups (broad SMARTS) is 1. The normalized spacial score (nSPS) is 11.8. The fourth-order valence-electron chi connectivity index (χ4n) is 2.06. The molecule has 3 aromatic rings. The number of fused-ring (bicyclic) bond motifs is 1. The number of rotatable bonds is 5. The predicted molar refractivity (Wildman–Crippen MR) is 83.6 cm³/mol. The molecule has 2 heterocycles. The van der Waals surface area contributed by atoms with Gasteiger partial charge in [0.2, 0.25) is 10.0 Å². The van der Waals surface area contributed by atoms with Crippen LogP contribution < -0.4 is 4.72 Å². The molecule has 0 bridgehead atoms. The van der Waals surface area contributed by atoms with Crippen molar-refractivity contribution in [2.24, 2.45) is 0 Å². The maximum Gasteiger partial charge on any atom is 0.345 e. The molecule has 0 atom stereocenters. The number of H-pyrrole nitrogens is 1. The number of sulfonamides is 1. The molecule has 0 amide bonds. The lowest BCUT2D eigenvalue weighted by Crippen LogP contribution is -2.22. The van der Waals surface area contributed by atoms with Crippen LogP contribution >= 0.6 is 11.3 Å². The fourth-order valence-corrected chi connectivity index (χ4v) is 4.17. The van der Waals surface area contributed by atoms with E-state index in [0.717, 1.165) is 34.0 Å². The van der Waals surface area contributed by atoms with Gasteiger partial charge in [-0.05, 0) is 23.6 Å². The molecule has 0 fully saturated rings. The van der Waals surface area contributed by atoms with Crippen molar-refractivity contribution >= 4 is 38.2 Å². The number of nitrogens with one attached hydrogen (secondary N) is 2. The Morgan fingerprint density at radius 2 is 2.05 bits per heavy atom. The topological polar surface area (TPSA) is 99.3 Å². The second kappa shape index (κ2) is 5.56. The van der Waals surface area contributed by atoms with E-state index >= 15 is 0 Å². The Kier molecular flexibility index (Phi) is 3.73. The van der Waals surface area contributed by atoms with Crippen LogP contribution in [0.2, 0.25) is 0 Å². The van der Waals surface area contributed by atoms with E-state index in [9.17, 15) is 13.2 Å². The van der Waals surface area contributed by atoms with Gasteiger partial charge in [0.25, 0.3) is 0 Å². The third-order valence-electron chi connectivity index (χ3n) is 3.13. The first kappa shape index (κ1) is 14.8. The van der Waals surface area contributed by atoms with Crippen LogP contribution in [0.1, 0.15) is 15.4 Å². The van der Waals surface area contributed by atoms with E-state index in [1.54, 1.807) is 0 Å². The smallest absolute Gasteiger partial charge is 0.345 e. The standard InChI is InChI=1S/C14H12N2O4S2/c17-14(18)13-6-11(8-21-13)22(19,20)15-7-10-5-9-3-1-2-4-12(9)16-10/h1-6,8,15-16H,7H2,(H,17,18). The lowest BCUT2D eigenvalue weighted by Gasteiger charge is -2.03. The molecule has 0 unspecified atom stereocenters. The average Bonchev–Trinajstić information content (AvgIpc) is 3.12. The highest BCUT2D eigenvalue weighted by molar-refractivity contribution is 7.89. The quantitative estimate of drug-likeness (QED) is 0.666. The Hall–Kier alpha value is -2.16. The van der Waals surface area contributed by atoms with E-state index in [-0.39, 0.29) is 16.3 Å². The van der Waals surface area contributed by atoms with Gasteiger partial charge in [-0.15, -0.1) is 11.3 Å². The summed E-state index contributed by atoms with van der Waals surface area (Å²) in [6.07, 6.45) is 0. The summed E-state index contributed by atoms with van der Waals surface area (Å²) < 4.78 is 26.8. The molecule has 0 aliphatic carbocycles. The zero-order valence-electron chi connectivity index (χ0n) is 11.2. The molecule has 6 nitrogen and oxygen atoms in total. The Labute approximate surface area is 130 Å². The summed E-state index contributed by atoms with van der Waals surface area (Å²) in [6, 6.07) is 10.7. The largest absolute Gasteiger partial charge is 0.477 e. The maximum absolute atomic E-state index is 12.1. The van der Waals surface area contributed by atoms with Crippen LogP contribution in [-0.4, -0.2) is 24.5 Å². The second-order valence-electron chi connectivity index (χ2n) is 4.66. The molecule has 0 saturated carbocycles. The molecule has 3 rings (SSSR count). The fraction of sp³-hybridized carbons (Fsp3) is 0.0714. The average molecular weight is 336 g/mol. The highest BCUT2D eigenvalue weighted by Gasteiger charge is 2.18. The summed E-state index contributed by atoms with van der Waals surface area (Å²) >= 11 is 0.883. The highest BCUT2D eigenvalue weighted by atomic mass is 32.2. The number of hydrogen-bond donors (Lipinski definition) is 3. The monoisotopic (exact) mass is 336 g/mol. The van der Waals surface area contributed by atoms with Crippen molar-refractivity contribution in [3.63, 3.8) is 0 Å². The lowest BCUT2D eigenvalue weighted by molar-refractivity contribution is 0.0702. The Morgan fingerprint density at radius 1 is 1.27 bits per heavy atom. The number of hydrogen-bond acceptors (Lipinski definition) is 4. The first-order valence-electron chi connectivity index (χ1n) is 6.34. The van der Waals surface area contributed by atoms with Crippen molar-refractivity contribution in [2.75, 3.05) is 0 Å². The number of carbonyl (C=O) groups is 1. The number of para-hydroxylation sites is 1. The molecule has 114 valence electrons. The molecule has 0 saturated heterocycles. The summed E-state index contributed by atoms with van der Waals surface area (Å²) in [5.74, 6) is -1.14. The van der Waals surface area contributed by atoms with Crippen LogP contribution in [0, 0.1) is 0 Å². The van der Waals surface area contributed by atoms with Gasteiger partial charge in [-0.2, -0.15) is 0 Å². The first-order valence-corrected chi connectivity index (χ1v) is 8.70. The lowest BCUT2D eigenvalue weighted by atomic mass is 10.2. The third kappa shape index (κ3) is 2.89. The van der Waals surface area contributed by atoms with E-state index < -0.39 is 16.0 Å². The van der Waals surface area contributed by atoms with Crippen molar-refractivity contribution in [3.8, 4) is 0 Å². The van der Waals surface area contributed by atoms with Gasteiger partial charge in [-0.25, -0.2) is 17.9 Å². The molecule has 8 heteroatoms. The molecular formula is C14H12N2O4S2. The number of carboxylic acids is 1. The Bertz CT molecular complexity index is 908. The van der Waals surface area contributed by atoms with Crippen LogP contribution in [0.3, 0.4) is 0 Å². The number of aromatic amines is 1. The van der Waals surface area contributed by atoms with Gasteiger partial charge in [0.15, 0.2) is 0 Å².